The Kier molecular flexibility index (Phi) is 10.8. The first-order valence-corrected chi connectivity index (χ1v) is 15.2. The van der Waals surface area contributed by atoms with E-state index in [2.05, 4.69) is 0 Å². The highest BCUT2D eigenvalue weighted by atomic mass is 19.4. The maximum atomic E-state index is 13.9. The number of nitrogens with zero attached hydrogens (tertiary/aromatic N) is 1. The molecule has 2 saturated heterocycles. The number of alkyl halides is 6. The van der Waals surface area contributed by atoms with Gasteiger partial charge in [-0.25, -0.2) is 9.18 Å². The van der Waals surface area contributed by atoms with Gasteiger partial charge in [0.05, 0.1) is 30.4 Å². The van der Waals surface area contributed by atoms with E-state index in [4.69, 9.17) is 14.2 Å². The number of aliphatic hydroxyl groups excluding tert-OH is 1. The van der Waals surface area contributed by atoms with Crippen LogP contribution in [-0.4, -0.2) is 54.3 Å². The van der Waals surface area contributed by atoms with Crippen LogP contribution in [0.4, 0.5) is 35.5 Å². The lowest BCUT2D eigenvalue weighted by atomic mass is 9.74. The average Bonchev–Trinajstić information content (AvgIpc) is 3.03. The number of piperidine rings is 1. The second-order valence-corrected chi connectivity index (χ2v) is 11.8. The largest absolute Gasteiger partial charge is 0.445 e. The molecule has 6 nitrogen and oxygen atoms in total. The third kappa shape index (κ3) is 8.82. The Morgan fingerprint density at radius 1 is 0.894 bits per heavy atom. The standard InChI is InChI=1S/C34H34F7NO5/c35-26-8-6-23(7-9-26)30-28(29-19-27(43)10-13-42(29)32(44)47-20-21-4-2-1-3-5-21)12-15-46-31(30)45-14-11-22-16-24(33(36,37)38)18-25(17-22)34(39,40)41/h1-9,16-18,27-31,43H,10-15,19-20H2/t27?,28?,29?,30-,31+/m0/s1. The number of amides is 1. The molecule has 2 heterocycles. The maximum absolute atomic E-state index is 13.9. The molecule has 0 aromatic heterocycles. The minimum atomic E-state index is -4.98. The van der Waals surface area contributed by atoms with Crippen LogP contribution in [0.3, 0.4) is 0 Å². The lowest BCUT2D eigenvalue weighted by Crippen LogP contribution is -2.55. The van der Waals surface area contributed by atoms with Crippen LogP contribution in [-0.2, 0) is 39.6 Å². The van der Waals surface area contributed by atoms with Gasteiger partial charge in [0.25, 0.3) is 0 Å². The molecule has 2 fully saturated rings. The van der Waals surface area contributed by atoms with Crippen LogP contribution >= 0.6 is 0 Å². The Bertz CT molecular complexity index is 1450. The molecular weight excluding hydrogens is 635 g/mol. The van der Waals surface area contributed by atoms with E-state index in [9.17, 15) is 40.6 Å². The molecule has 2 aliphatic rings. The van der Waals surface area contributed by atoms with Gasteiger partial charge >= 0.3 is 18.4 Å². The lowest BCUT2D eigenvalue weighted by molar-refractivity contribution is -0.195. The molecule has 0 saturated carbocycles. The first-order valence-electron chi connectivity index (χ1n) is 15.2. The summed E-state index contributed by atoms with van der Waals surface area (Å²) in [5, 5.41) is 10.7. The van der Waals surface area contributed by atoms with Crippen molar-refractivity contribution < 1.29 is 54.8 Å². The molecule has 0 spiro atoms. The Morgan fingerprint density at radius 3 is 2.19 bits per heavy atom. The third-order valence-electron chi connectivity index (χ3n) is 8.61. The van der Waals surface area contributed by atoms with Crippen molar-refractivity contribution in [3.8, 4) is 0 Å². The highest BCUT2D eigenvalue weighted by Gasteiger charge is 2.46. The van der Waals surface area contributed by atoms with Gasteiger partial charge in [-0.05, 0) is 78.6 Å². The summed E-state index contributed by atoms with van der Waals surface area (Å²) in [5.41, 5.74) is -1.68. The number of hydrogen-bond donors (Lipinski definition) is 1. The summed E-state index contributed by atoms with van der Waals surface area (Å²) in [4.78, 5) is 14.9. The molecule has 254 valence electrons. The Morgan fingerprint density at radius 2 is 1.55 bits per heavy atom. The van der Waals surface area contributed by atoms with Crippen molar-refractivity contribution in [2.75, 3.05) is 19.8 Å². The molecule has 1 N–H and O–H groups in total. The van der Waals surface area contributed by atoms with Crippen LogP contribution in [0.1, 0.15) is 53.0 Å². The Balaban J connectivity index is 1.37. The molecule has 5 rings (SSSR count). The monoisotopic (exact) mass is 669 g/mol. The minimum Gasteiger partial charge on any atom is -0.445 e. The molecule has 5 atom stereocenters. The number of ether oxygens (including phenoxy) is 3. The molecule has 0 radical (unpaired) electrons. The van der Waals surface area contributed by atoms with E-state index in [0.717, 1.165) is 5.56 Å². The van der Waals surface area contributed by atoms with E-state index < -0.39 is 59.7 Å². The number of carbonyl (C=O) groups excluding carboxylic acids is 1. The molecule has 3 aromatic carbocycles. The molecule has 0 aliphatic carbocycles. The van der Waals surface area contributed by atoms with Crippen molar-refractivity contribution in [1.29, 1.82) is 0 Å². The lowest BCUT2D eigenvalue weighted by Gasteiger charge is -2.47. The third-order valence-corrected chi connectivity index (χ3v) is 8.61. The second kappa shape index (κ2) is 14.6. The highest BCUT2D eigenvalue weighted by molar-refractivity contribution is 5.68. The van der Waals surface area contributed by atoms with Gasteiger partial charge in [-0.15, -0.1) is 0 Å². The van der Waals surface area contributed by atoms with Gasteiger partial charge < -0.3 is 24.2 Å². The van der Waals surface area contributed by atoms with E-state index in [-0.39, 0.29) is 56.8 Å². The predicted molar refractivity (Wildman–Crippen MR) is 155 cm³/mol. The number of carbonyl (C=O) groups is 1. The fourth-order valence-corrected chi connectivity index (χ4v) is 6.35. The first-order chi connectivity index (χ1) is 22.3. The zero-order valence-corrected chi connectivity index (χ0v) is 25.1. The summed E-state index contributed by atoms with van der Waals surface area (Å²) in [6.45, 7) is 0.131. The summed E-state index contributed by atoms with van der Waals surface area (Å²) in [7, 11) is 0. The number of rotatable bonds is 8. The Labute approximate surface area is 267 Å². The fourth-order valence-electron chi connectivity index (χ4n) is 6.35. The second-order valence-electron chi connectivity index (χ2n) is 11.8. The number of aliphatic hydroxyl groups is 1. The summed E-state index contributed by atoms with van der Waals surface area (Å²) in [6, 6.07) is 15.5. The summed E-state index contributed by atoms with van der Waals surface area (Å²) in [6.07, 6.45) is -11.6. The highest BCUT2D eigenvalue weighted by Crippen LogP contribution is 2.43. The summed E-state index contributed by atoms with van der Waals surface area (Å²) < 4.78 is 112. The van der Waals surface area contributed by atoms with Crippen LogP contribution in [0.25, 0.3) is 0 Å². The van der Waals surface area contributed by atoms with E-state index in [1.54, 1.807) is 4.90 Å². The number of halogens is 7. The minimum absolute atomic E-state index is 0.0396. The predicted octanol–water partition coefficient (Wildman–Crippen LogP) is 7.73. The number of benzene rings is 3. The molecule has 1 amide bonds. The molecule has 0 bridgehead atoms. The molecular formula is C34H34F7NO5. The maximum Gasteiger partial charge on any atom is 0.416 e. The van der Waals surface area contributed by atoms with Gasteiger partial charge in [-0.3, -0.25) is 0 Å². The molecule has 2 aliphatic heterocycles. The van der Waals surface area contributed by atoms with Crippen molar-refractivity contribution >= 4 is 6.09 Å². The van der Waals surface area contributed by atoms with E-state index >= 15 is 0 Å². The van der Waals surface area contributed by atoms with Crippen LogP contribution < -0.4 is 0 Å². The van der Waals surface area contributed by atoms with Crippen LogP contribution in [0.15, 0.2) is 72.8 Å². The number of likely N-dealkylation sites (tertiary alicyclic amines) is 1. The molecule has 47 heavy (non-hydrogen) atoms. The average molecular weight is 670 g/mol. The van der Waals surface area contributed by atoms with Crippen LogP contribution in [0, 0.1) is 11.7 Å². The fraction of sp³-hybridized carbons (Fsp3) is 0.441. The topological polar surface area (TPSA) is 68.2 Å². The quantitative estimate of drug-likeness (QED) is 0.249. The molecule has 3 unspecified atom stereocenters. The first kappa shape index (κ1) is 34.6. The SMILES string of the molecule is O=C(OCc1ccccc1)N1CCC(O)CC1C1CCO[C@@H](OCCc2cc(C(F)(F)F)cc(C(F)(F)F)c2)[C@H]1c1ccc(F)cc1. The normalized spacial score (nSPS) is 23.8. The zero-order valence-electron chi connectivity index (χ0n) is 25.1. The van der Waals surface area contributed by atoms with Gasteiger partial charge in [0.1, 0.15) is 12.4 Å². The summed E-state index contributed by atoms with van der Waals surface area (Å²) >= 11 is 0. The van der Waals surface area contributed by atoms with Gasteiger partial charge in [0, 0.05) is 18.5 Å². The summed E-state index contributed by atoms with van der Waals surface area (Å²) in [5.74, 6) is -1.51. The van der Waals surface area contributed by atoms with Crippen molar-refractivity contribution in [3.63, 3.8) is 0 Å². The van der Waals surface area contributed by atoms with Crippen molar-refractivity contribution in [3.05, 3.63) is 106 Å². The van der Waals surface area contributed by atoms with Gasteiger partial charge in [-0.1, -0.05) is 42.5 Å². The van der Waals surface area contributed by atoms with E-state index in [1.807, 2.05) is 30.3 Å². The van der Waals surface area contributed by atoms with E-state index in [1.165, 1.54) is 24.3 Å². The van der Waals surface area contributed by atoms with Gasteiger partial charge in [0.15, 0.2) is 6.29 Å². The van der Waals surface area contributed by atoms with Gasteiger partial charge in [0.2, 0.25) is 0 Å². The smallest absolute Gasteiger partial charge is 0.416 e. The van der Waals surface area contributed by atoms with E-state index in [0.29, 0.717) is 30.5 Å². The van der Waals surface area contributed by atoms with Crippen molar-refractivity contribution in [2.24, 2.45) is 5.92 Å². The molecule has 13 heteroatoms. The van der Waals surface area contributed by atoms with Crippen LogP contribution in [0.5, 0.6) is 0 Å². The zero-order chi connectivity index (χ0) is 33.8. The number of hydrogen-bond acceptors (Lipinski definition) is 5. The molecule has 3 aromatic rings. The Hall–Kier alpha value is -3.68. The van der Waals surface area contributed by atoms with Crippen LogP contribution in [0.2, 0.25) is 0 Å². The van der Waals surface area contributed by atoms with Gasteiger partial charge in [-0.2, -0.15) is 26.3 Å². The van der Waals surface area contributed by atoms with Crippen molar-refractivity contribution in [1.82, 2.24) is 4.90 Å². The van der Waals surface area contributed by atoms with Crippen molar-refractivity contribution in [2.45, 2.75) is 69.0 Å².